The largest absolute Gasteiger partial charge is 0.335 e. The minimum absolute atomic E-state index is 0.0172. The molecule has 5 heteroatoms. The Morgan fingerprint density at radius 3 is 2.56 bits per heavy atom. The molecule has 1 atom stereocenters. The van der Waals surface area contributed by atoms with Gasteiger partial charge in [0.25, 0.3) is 5.91 Å². The van der Waals surface area contributed by atoms with Crippen molar-refractivity contribution < 1.29 is 4.79 Å². The lowest BCUT2D eigenvalue weighted by molar-refractivity contribution is 0.0642. The molecule has 1 unspecified atom stereocenters. The van der Waals surface area contributed by atoms with Gasteiger partial charge in [0.1, 0.15) is 0 Å². The highest BCUT2D eigenvalue weighted by Crippen LogP contribution is 2.24. The third-order valence-corrected chi connectivity index (χ3v) is 4.36. The molecule has 0 aromatic heterocycles. The molecular weight excluding hydrogens is 337 g/mol. The monoisotopic (exact) mass is 349 g/mol. The van der Waals surface area contributed by atoms with Crippen LogP contribution in [0, 0.1) is 0 Å². The number of hydrogen-bond acceptors (Lipinski definition) is 1. The summed E-state index contributed by atoms with van der Waals surface area (Å²) in [6.07, 6.45) is 3.28. The third-order valence-electron chi connectivity index (χ3n) is 3.18. The van der Waals surface area contributed by atoms with Crippen molar-refractivity contribution in [3.63, 3.8) is 0 Å². The van der Waals surface area contributed by atoms with Crippen LogP contribution in [-0.4, -0.2) is 28.7 Å². The fraction of sp³-hybridized carbons (Fsp3) is 0.462. The number of amides is 1. The Labute approximate surface area is 125 Å². The molecule has 0 bridgehead atoms. The first-order chi connectivity index (χ1) is 8.61. The molecule has 1 saturated heterocycles. The van der Waals surface area contributed by atoms with Crippen LogP contribution in [0.15, 0.2) is 18.2 Å². The summed E-state index contributed by atoms with van der Waals surface area (Å²) in [6, 6.07) is 5.26. The van der Waals surface area contributed by atoms with E-state index in [0.29, 0.717) is 15.6 Å². The van der Waals surface area contributed by atoms with Crippen LogP contribution in [0.4, 0.5) is 0 Å². The number of likely N-dealkylation sites (tertiary alicyclic amines) is 1. The molecule has 98 valence electrons. The normalized spacial score (nSPS) is 19.9. The quantitative estimate of drug-likeness (QED) is 0.724. The van der Waals surface area contributed by atoms with E-state index in [1.54, 1.807) is 18.2 Å². The highest BCUT2D eigenvalue weighted by atomic mass is 79.9. The maximum absolute atomic E-state index is 12.5. The lowest BCUT2D eigenvalue weighted by Crippen LogP contribution is -2.44. The standard InChI is InChI=1S/C13H14BrCl2NO/c14-8-12-3-1-2-4-17(12)13(18)9-5-10(15)7-11(16)6-9/h5-7,12H,1-4,8H2. The molecule has 0 radical (unpaired) electrons. The Hall–Kier alpha value is -0.250. The van der Waals surface area contributed by atoms with Crippen molar-refractivity contribution in [1.82, 2.24) is 4.90 Å². The van der Waals surface area contributed by atoms with Crippen LogP contribution in [0.5, 0.6) is 0 Å². The van der Waals surface area contributed by atoms with Crippen molar-refractivity contribution in [2.24, 2.45) is 0 Å². The zero-order valence-corrected chi connectivity index (χ0v) is 12.9. The van der Waals surface area contributed by atoms with Gasteiger partial charge in [-0.1, -0.05) is 39.1 Å². The molecule has 18 heavy (non-hydrogen) atoms. The van der Waals surface area contributed by atoms with Gasteiger partial charge >= 0.3 is 0 Å². The van der Waals surface area contributed by atoms with E-state index in [1.165, 1.54) is 6.42 Å². The zero-order valence-electron chi connectivity index (χ0n) is 9.83. The molecule has 0 N–H and O–H groups in total. The van der Waals surface area contributed by atoms with Gasteiger partial charge in [0, 0.05) is 33.5 Å². The average Bonchev–Trinajstić information content (AvgIpc) is 2.36. The number of benzene rings is 1. The summed E-state index contributed by atoms with van der Waals surface area (Å²) in [5, 5.41) is 1.81. The predicted octanol–water partition coefficient (Wildman–Crippen LogP) is 4.38. The van der Waals surface area contributed by atoms with Crippen molar-refractivity contribution in [3.05, 3.63) is 33.8 Å². The van der Waals surface area contributed by atoms with Crippen LogP contribution in [0.25, 0.3) is 0 Å². The second-order valence-electron chi connectivity index (χ2n) is 4.46. The molecule has 2 rings (SSSR count). The number of carbonyl (C=O) groups excluding carboxylic acids is 1. The molecule has 0 spiro atoms. The highest BCUT2D eigenvalue weighted by molar-refractivity contribution is 9.09. The van der Waals surface area contributed by atoms with Crippen LogP contribution >= 0.6 is 39.1 Å². The van der Waals surface area contributed by atoms with Crippen molar-refractivity contribution >= 4 is 45.0 Å². The first-order valence-corrected chi connectivity index (χ1v) is 7.82. The molecule has 1 fully saturated rings. The Balaban J connectivity index is 2.23. The number of halogens is 3. The van der Waals surface area contributed by atoms with Crippen LogP contribution in [-0.2, 0) is 0 Å². The Kier molecular flexibility index (Phi) is 4.93. The molecule has 1 aromatic carbocycles. The molecule has 0 saturated carbocycles. The number of nitrogens with zero attached hydrogens (tertiary/aromatic N) is 1. The van der Waals surface area contributed by atoms with E-state index in [0.717, 1.165) is 24.7 Å². The minimum atomic E-state index is 0.0172. The van der Waals surface area contributed by atoms with Crippen LogP contribution in [0.1, 0.15) is 29.6 Å². The van der Waals surface area contributed by atoms with Gasteiger partial charge in [-0.3, -0.25) is 4.79 Å². The molecule has 1 amide bonds. The second kappa shape index (κ2) is 6.27. The highest BCUT2D eigenvalue weighted by Gasteiger charge is 2.26. The molecule has 1 aliphatic heterocycles. The van der Waals surface area contributed by atoms with E-state index in [9.17, 15) is 4.79 Å². The van der Waals surface area contributed by atoms with Crippen LogP contribution in [0.2, 0.25) is 10.0 Å². The summed E-state index contributed by atoms with van der Waals surface area (Å²) >= 11 is 15.4. The fourth-order valence-electron chi connectivity index (χ4n) is 2.27. The van der Waals surface area contributed by atoms with E-state index in [4.69, 9.17) is 23.2 Å². The first-order valence-electron chi connectivity index (χ1n) is 5.95. The number of alkyl halides is 1. The van der Waals surface area contributed by atoms with Crippen molar-refractivity contribution in [1.29, 1.82) is 0 Å². The smallest absolute Gasteiger partial charge is 0.254 e. The summed E-state index contributed by atoms with van der Waals surface area (Å²) in [5.41, 5.74) is 0.570. The van der Waals surface area contributed by atoms with Crippen molar-refractivity contribution in [2.75, 3.05) is 11.9 Å². The van der Waals surface area contributed by atoms with E-state index < -0.39 is 0 Å². The lowest BCUT2D eigenvalue weighted by atomic mass is 10.0. The molecule has 1 aromatic rings. The topological polar surface area (TPSA) is 20.3 Å². The maximum Gasteiger partial charge on any atom is 0.254 e. The van der Waals surface area contributed by atoms with Gasteiger partial charge in [-0.2, -0.15) is 0 Å². The number of hydrogen-bond donors (Lipinski definition) is 0. The van der Waals surface area contributed by atoms with Gasteiger partial charge in [-0.25, -0.2) is 0 Å². The number of rotatable bonds is 2. The summed E-state index contributed by atoms with van der Waals surface area (Å²) in [4.78, 5) is 14.4. The minimum Gasteiger partial charge on any atom is -0.335 e. The van der Waals surface area contributed by atoms with Gasteiger partial charge in [-0.05, 0) is 37.5 Å². The van der Waals surface area contributed by atoms with Gasteiger partial charge < -0.3 is 4.90 Å². The Morgan fingerprint density at radius 1 is 1.28 bits per heavy atom. The summed E-state index contributed by atoms with van der Waals surface area (Å²) in [5.74, 6) is 0.0172. The summed E-state index contributed by atoms with van der Waals surface area (Å²) in [6.45, 7) is 0.805. The average molecular weight is 351 g/mol. The van der Waals surface area contributed by atoms with Gasteiger partial charge in [0.05, 0.1) is 0 Å². The Bertz CT molecular complexity index is 432. The van der Waals surface area contributed by atoms with Crippen molar-refractivity contribution in [3.8, 4) is 0 Å². The Morgan fingerprint density at radius 2 is 1.94 bits per heavy atom. The molecule has 1 aliphatic rings. The fourth-order valence-corrected chi connectivity index (χ4v) is 3.47. The predicted molar refractivity (Wildman–Crippen MR) is 78.9 cm³/mol. The third kappa shape index (κ3) is 3.19. The van der Waals surface area contributed by atoms with E-state index in [-0.39, 0.29) is 11.9 Å². The summed E-state index contributed by atoms with van der Waals surface area (Å²) < 4.78 is 0. The van der Waals surface area contributed by atoms with E-state index >= 15 is 0 Å². The zero-order chi connectivity index (χ0) is 13.1. The van der Waals surface area contributed by atoms with Crippen LogP contribution in [0.3, 0.4) is 0 Å². The molecular formula is C13H14BrCl2NO. The second-order valence-corrected chi connectivity index (χ2v) is 5.98. The van der Waals surface area contributed by atoms with Gasteiger partial charge in [0.2, 0.25) is 0 Å². The van der Waals surface area contributed by atoms with E-state index in [1.807, 2.05) is 4.90 Å². The molecule has 1 heterocycles. The maximum atomic E-state index is 12.5. The molecule has 2 nitrogen and oxygen atoms in total. The molecule has 0 aliphatic carbocycles. The van der Waals surface area contributed by atoms with Gasteiger partial charge in [-0.15, -0.1) is 0 Å². The number of carbonyl (C=O) groups is 1. The number of piperidine rings is 1. The lowest BCUT2D eigenvalue weighted by Gasteiger charge is -2.34. The SMILES string of the molecule is O=C(c1cc(Cl)cc(Cl)c1)N1CCCCC1CBr. The summed E-state index contributed by atoms with van der Waals surface area (Å²) in [7, 11) is 0. The van der Waals surface area contributed by atoms with E-state index in [2.05, 4.69) is 15.9 Å². The van der Waals surface area contributed by atoms with Crippen molar-refractivity contribution in [2.45, 2.75) is 25.3 Å². The first kappa shape index (κ1) is 14.2. The van der Waals surface area contributed by atoms with Crippen LogP contribution < -0.4 is 0 Å². The van der Waals surface area contributed by atoms with Gasteiger partial charge in [0.15, 0.2) is 0 Å².